The van der Waals surface area contributed by atoms with Gasteiger partial charge in [-0.2, -0.15) is 0 Å². The summed E-state index contributed by atoms with van der Waals surface area (Å²) in [6, 6.07) is -0.429. The molecule has 1 aromatic rings. The molecule has 0 spiro atoms. The number of nitrogens with one attached hydrogen (secondary N) is 2. The molecule has 0 fully saturated rings. The fraction of sp³-hybridized carbons (Fsp3) is 0.643. The molecule has 1 aliphatic carbocycles. The number of carbonyl (C=O) groups is 2. The number of rotatable bonds is 4. The molecule has 0 bridgehead atoms. The minimum absolute atomic E-state index is 0.429. The Labute approximate surface area is 128 Å². The lowest BCUT2D eigenvalue weighted by atomic mass is 9.74. The first kappa shape index (κ1) is 15.8. The van der Waals surface area contributed by atoms with Crippen molar-refractivity contribution in [1.82, 2.24) is 10.3 Å². The van der Waals surface area contributed by atoms with Gasteiger partial charge in [0, 0.05) is 4.88 Å². The maximum atomic E-state index is 12.1. The number of anilines is 1. The zero-order valence-electron chi connectivity index (χ0n) is 12.7. The molecule has 6 nitrogen and oxygen atoms in total. The number of carboxylic acid groups (broad SMARTS) is 1. The van der Waals surface area contributed by atoms with Crippen LogP contribution in [0, 0.1) is 5.41 Å². The average molecular weight is 311 g/mol. The molecule has 3 N–H and O–H groups in total. The van der Waals surface area contributed by atoms with Crippen molar-refractivity contribution >= 4 is 28.5 Å². The first-order valence-corrected chi connectivity index (χ1v) is 7.76. The number of aromatic nitrogens is 1. The Hall–Kier alpha value is -1.63. The smallest absolute Gasteiger partial charge is 0.321 e. The van der Waals surface area contributed by atoms with Crippen molar-refractivity contribution in [3.05, 3.63) is 10.6 Å². The van der Waals surface area contributed by atoms with Gasteiger partial charge in [-0.3, -0.25) is 10.1 Å². The molecule has 21 heavy (non-hydrogen) atoms. The van der Waals surface area contributed by atoms with E-state index in [0.717, 1.165) is 25.0 Å². The standard InChI is InChI=1S/C14H21N3O3S/c1-13(2,10(18)19)14(3,4)17-11(20)16-12-15-8-6-5-7-9(8)21-12/h5-7H2,1-4H3,(H,18,19)(H2,15,16,17,20). The van der Waals surface area contributed by atoms with Gasteiger partial charge in [-0.05, 0) is 47.0 Å². The molecule has 0 saturated carbocycles. The molecule has 2 amide bonds. The van der Waals surface area contributed by atoms with E-state index in [0.29, 0.717) is 5.13 Å². The van der Waals surface area contributed by atoms with Gasteiger partial charge in [0.1, 0.15) is 0 Å². The van der Waals surface area contributed by atoms with E-state index in [1.54, 1.807) is 27.7 Å². The second-order valence-corrected chi connectivity index (χ2v) is 7.46. The summed E-state index contributed by atoms with van der Waals surface area (Å²) in [5, 5.41) is 15.3. The van der Waals surface area contributed by atoms with Gasteiger partial charge in [-0.25, -0.2) is 9.78 Å². The number of hydrogen-bond donors (Lipinski definition) is 3. The van der Waals surface area contributed by atoms with Crippen LogP contribution in [0.4, 0.5) is 9.93 Å². The monoisotopic (exact) mass is 311 g/mol. The van der Waals surface area contributed by atoms with Crippen LogP contribution < -0.4 is 10.6 Å². The van der Waals surface area contributed by atoms with Gasteiger partial charge in [-0.1, -0.05) is 0 Å². The first-order chi connectivity index (χ1) is 9.63. The van der Waals surface area contributed by atoms with Crippen LogP contribution in [0.3, 0.4) is 0 Å². The SMILES string of the molecule is CC(C)(NC(=O)Nc1nc2c(s1)CCC2)C(C)(C)C(=O)O. The number of urea groups is 1. The van der Waals surface area contributed by atoms with Gasteiger partial charge >= 0.3 is 12.0 Å². The molecule has 7 heteroatoms. The zero-order valence-corrected chi connectivity index (χ0v) is 13.6. The number of aryl methyl sites for hydroxylation is 2. The molecule has 2 rings (SSSR count). The van der Waals surface area contributed by atoms with Crippen LogP contribution >= 0.6 is 11.3 Å². The lowest BCUT2D eigenvalue weighted by Gasteiger charge is -2.38. The third-order valence-corrected chi connectivity index (χ3v) is 5.41. The summed E-state index contributed by atoms with van der Waals surface area (Å²) in [7, 11) is 0. The number of aliphatic carboxylic acids is 1. The molecule has 0 aromatic carbocycles. The summed E-state index contributed by atoms with van der Waals surface area (Å²) in [4.78, 5) is 29.0. The molecule has 0 aliphatic heterocycles. The second-order valence-electron chi connectivity index (χ2n) is 6.38. The topological polar surface area (TPSA) is 91.3 Å². The highest BCUT2D eigenvalue weighted by Gasteiger charge is 2.44. The third kappa shape index (κ3) is 3.02. The molecule has 0 atom stereocenters. The van der Waals surface area contributed by atoms with E-state index in [-0.39, 0.29) is 0 Å². The number of thiazole rings is 1. The summed E-state index contributed by atoms with van der Waals surface area (Å²) < 4.78 is 0. The van der Waals surface area contributed by atoms with Crippen LogP contribution in [0.5, 0.6) is 0 Å². The van der Waals surface area contributed by atoms with Crippen molar-refractivity contribution in [1.29, 1.82) is 0 Å². The number of carbonyl (C=O) groups excluding carboxylic acids is 1. The zero-order chi connectivity index (χ0) is 15.8. The summed E-state index contributed by atoms with van der Waals surface area (Å²) >= 11 is 1.49. The lowest BCUT2D eigenvalue weighted by Crippen LogP contribution is -2.57. The van der Waals surface area contributed by atoms with Crippen molar-refractivity contribution in [2.24, 2.45) is 5.41 Å². The van der Waals surface area contributed by atoms with Gasteiger partial charge in [0.05, 0.1) is 16.6 Å². The van der Waals surface area contributed by atoms with E-state index >= 15 is 0 Å². The first-order valence-electron chi connectivity index (χ1n) is 6.94. The van der Waals surface area contributed by atoms with Crippen LogP contribution in [0.15, 0.2) is 0 Å². The normalized spacial score (nSPS) is 14.7. The Bertz CT molecular complexity index is 557. The molecular formula is C14H21N3O3S. The van der Waals surface area contributed by atoms with Crippen LogP contribution in [0.25, 0.3) is 0 Å². The summed E-state index contributed by atoms with van der Waals surface area (Å²) in [6.07, 6.45) is 3.11. The number of amides is 2. The molecule has 1 aromatic heterocycles. The van der Waals surface area contributed by atoms with E-state index in [1.807, 2.05) is 0 Å². The van der Waals surface area contributed by atoms with E-state index < -0.39 is 23.0 Å². The highest BCUT2D eigenvalue weighted by atomic mass is 32.1. The Balaban J connectivity index is 2.02. The third-order valence-electron chi connectivity index (χ3n) is 4.34. The number of carboxylic acids is 1. The van der Waals surface area contributed by atoms with Crippen LogP contribution in [-0.4, -0.2) is 27.6 Å². The number of nitrogens with zero attached hydrogens (tertiary/aromatic N) is 1. The minimum atomic E-state index is -1.09. The van der Waals surface area contributed by atoms with Crippen LogP contribution in [0.2, 0.25) is 0 Å². The Morgan fingerprint density at radius 2 is 1.90 bits per heavy atom. The Morgan fingerprint density at radius 1 is 1.24 bits per heavy atom. The van der Waals surface area contributed by atoms with Crippen molar-refractivity contribution in [2.75, 3.05) is 5.32 Å². The van der Waals surface area contributed by atoms with Crippen molar-refractivity contribution in [2.45, 2.75) is 52.5 Å². The average Bonchev–Trinajstić information content (AvgIpc) is 2.87. The minimum Gasteiger partial charge on any atom is -0.481 e. The van der Waals surface area contributed by atoms with Gasteiger partial charge in [0.25, 0.3) is 0 Å². The van der Waals surface area contributed by atoms with Crippen molar-refractivity contribution in [3.63, 3.8) is 0 Å². The Morgan fingerprint density at radius 3 is 2.48 bits per heavy atom. The second kappa shape index (κ2) is 5.29. The van der Waals surface area contributed by atoms with Gasteiger partial charge in [0.2, 0.25) is 0 Å². The predicted octanol–water partition coefficient (Wildman–Crippen LogP) is 2.64. The number of fused-ring (bicyclic) bond motifs is 1. The van der Waals surface area contributed by atoms with Crippen LogP contribution in [-0.2, 0) is 17.6 Å². The van der Waals surface area contributed by atoms with Crippen LogP contribution in [0.1, 0.15) is 44.7 Å². The largest absolute Gasteiger partial charge is 0.481 e. The summed E-state index contributed by atoms with van der Waals surface area (Å²) in [6.45, 7) is 6.58. The van der Waals surface area contributed by atoms with Gasteiger partial charge in [0.15, 0.2) is 5.13 Å². The highest BCUT2D eigenvalue weighted by molar-refractivity contribution is 7.15. The highest BCUT2D eigenvalue weighted by Crippen LogP contribution is 2.32. The number of hydrogen-bond acceptors (Lipinski definition) is 4. The molecule has 0 radical (unpaired) electrons. The maximum absolute atomic E-state index is 12.1. The predicted molar refractivity (Wildman–Crippen MR) is 81.8 cm³/mol. The molecule has 1 aliphatic rings. The molecule has 116 valence electrons. The van der Waals surface area contributed by atoms with E-state index in [4.69, 9.17) is 0 Å². The summed E-state index contributed by atoms with van der Waals surface area (Å²) in [5.41, 5.74) is -0.918. The lowest BCUT2D eigenvalue weighted by molar-refractivity contribution is -0.150. The van der Waals surface area contributed by atoms with E-state index in [2.05, 4.69) is 15.6 Å². The van der Waals surface area contributed by atoms with E-state index in [9.17, 15) is 14.7 Å². The Kier molecular flexibility index (Phi) is 3.97. The quantitative estimate of drug-likeness (QED) is 0.797. The van der Waals surface area contributed by atoms with Crippen molar-refractivity contribution < 1.29 is 14.7 Å². The fourth-order valence-electron chi connectivity index (χ4n) is 2.08. The fourth-order valence-corrected chi connectivity index (χ4v) is 3.12. The van der Waals surface area contributed by atoms with Gasteiger partial charge in [-0.15, -0.1) is 11.3 Å². The van der Waals surface area contributed by atoms with E-state index in [1.165, 1.54) is 16.2 Å². The summed E-state index contributed by atoms with van der Waals surface area (Å²) in [5.74, 6) is -0.957. The molecule has 0 saturated heterocycles. The maximum Gasteiger partial charge on any atom is 0.321 e. The molecular weight excluding hydrogens is 290 g/mol. The van der Waals surface area contributed by atoms with Gasteiger partial charge < -0.3 is 10.4 Å². The molecule has 1 heterocycles. The molecule has 0 unspecified atom stereocenters. The van der Waals surface area contributed by atoms with Crippen molar-refractivity contribution in [3.8, 4) is 0 Å².